The van der Waals surface area contributed by atoms with E-state index >= 15 is 0 Å². The summed E-state index contributed by atoms with van der Waals surface area (Å²) in [5, 5.41) is 0. The molecule has 0 saturated carbocycles. The summed E-state index contributed by atoms with van der Waals surface area (Å²) in [5.74, 6) is -2.59. The molecule has 1 saturated heterocycles. The molecule has 1 heterocycles. The van der Waals surface area contributed by atoms with Crippen LogP contribution in [0.5, 0.6) is 0 Å². The van der Waals surface area contributed by atoms with E-state index in [4.69, 9.17) is 4.74 Å². The number of hydrogen-bond donors (Lipinski definition) is 0. The van der Waals surface area contributed by atoms with Gasteiger partial charge in [-0.05, 0) is 20.3 Å². The van der Waals surface area contributed by atoms with Gasteiger partial charge in [-0.1, -0.05) is 13.8 Å². The molecule has 0 spiro atoms. The van der Waals surface area contributed by atoms with E-state index in [1.807, 2.05) is 27.7 Å². The van der Waals surface area contributed by atoms with Crippen LogP contribution in [0, 0.1) is 0 Å². The van der Waals surface area contributed by atoms with E-state index in [2.05, 4.69) is 0 Å². The quantitative estimate of drug-likeness (QED) is 0.728. The molecule has 0 amide bonds. The van der Waals surface area contributed by atoms with E-state index in [9.17, 15) is 8.78 Å². The third kappa shape index (κ3) is 6.38. The summed E-state index contributed by atoms with van der Waals surface area (Å²) in [7, 11) is 0. The molecule has 0 aromatic carbocycles. The number of ether oxygens (including phenoxy) is 1. The number of likely N-dealkylation sites (tertiary alicyclic amines) is 1. The minimum absolute atomic E-state index is 0.140. The molecule has 1 aliphatic heterocycles. The van der Waals surface area contributed by atoms with Crippen LogP contribution < -0.4 is 0 Å². The van der Waals surface area contributed by atoms with E-state index < -0.39 is 5.92 Å². The minimum Gasteiger partial charge on any atom is -0.377 e. The number of alkyl halides is 2. The Balaban J connectivity index is 0.00000106. The molecule has 1 fully saturated rings. The van der Waals surface area contributed by atoms with Crippen molar-refractivity contribution in [1.29, 1.82) is 0 Å². The Bertz CT molecular complexity index is 180. The fourth-order valence-electron chi connectivity index (χ4n) is 1.55. The van der Waals surface area contributed by atoms with E-state index in [1.54, 1.807) is 4.90 Å². The van der Waals surface area contributed by atoms with E-state index in [1.165, 1.54) is 0 Å². The SMILES string of the molecule is CC.CC(C)OCC1CCN1CC(C)(F)F. The Morgan fingerprint density at radius 3 is 2.25 bits per heavy atom. The van der Waals surface area contributed by atoms with Crippen LogP contribution in [0.2, 0.25) is 0 Å². The highest BCUT2D eigenvalue weighted by molar-refractivity contribution is 4.85. The maximum absolute atomic E-state index is 12.7. The molecule has 4 heteroatoms. The average Bonchev–Trinajstić information content (AvgIpc) is 2.14. The van der Waals surface area contributed by atoms with Crippen molar-refractivity contribution >= 4 is 0 Å². The highest BCUT2D eigenvalue weighted by Crippen LogP contribution is 2.23. The van der Waals surface area contributed by atoms with Gasteiger partial charge in [0.15, 0.2) is 0 Å². The van der Waals surface area contributed by atoms with E-state index in [0.717, 1.165) is 19.9 Å². The van der Waals surface area contributed by atoms with Gasteiger partial charge in [-0.15, -0.1) is 0 Å². The van der Waals surface area contributed by atoms with Crippen molar-refractivity contribution in [1.82, 2.24) is 4.90 Å². The van der Waals surface area contributed by atoms with E-state index in [0.29, 0.717) is 6.61 Å². The second-order valence-electron chi connectivity index (χ2n) is 4.37. The van der Waals surface area contributed by atoms with Gasteiger partial charge in [-0.25, -0.2) is 8.78 Å². The zero-order chi connectivity index (χ0) is 12.8. The molecule has 1 atom stereocenters. The third-order valence-corrected chi connectivity index (χ3v) is 2.37. The molecule has 0 aliphatic carbocycles. The molecule has 0 bridgehead atoms. The Hall–Kier alpha value is -0.220. The summed E-state index contributed by atoms with van der Waals surface area (Å²) < 4.78 is 30.8. The predicted octanol–water partition coefficient (Wildman–Crippen LogP) is 3.17. The number of rotatable bonds is 5. The van der Waals surface area contributed by atoms with Gasteiger partial charge in [-0.3, -0.25) is 4.90 Å². The summed E-state index contributed by atoms with van der Waals surface area (Å²) in [5.41, 5.74) is 0. The van der Waals surface area contributed by atoms with Gasteiger partial charge in [0.1, 0.15) is 0 Å². The third-order valence-electron chi connectivity index (χ3n) is 2.37. The Morgan fingerprint density at radius 1 is 1.38 bits per heavy atom. The molecule has 0 aromatic rings. The van der Waals surface area contributed by atoms with Crippen molar-refractivity contribution in [3.05, 3.63) is 0 Å². The Kier molecular flexibility index (Phi) is 7.07. The van der Waals surface area contributed by atoms with E-state index in [-0.39, 0.29) is 18.7 Å². The maximum Gasteiger partial charge on any atom is 0.257 e. The van der Waals surface area contributed by atoms with Gasteiger partial charge >= 0.3 is 0 Å². The van der Waals surface area contributed by atoms with Gasteiger partial charge in [0.2, 0.25) is 0 Å². The average molecular weight is 237 g/mol. The first-order valence-corrected chi connectivity index (χ1v) is 6.12. The normalized spacial score (nSPS) is 21.4. The van der Waals surface area contributed by atoms with Crippen LogP contribution in [0.3, 0.4) is 0 Å². The Labute approximate surface area is 98.0 Å². The van der Waals surface area contributed by atoms with Gasteiger partial charge < -0.3 is 4.74 Å². The van der Waals surface area contributed by atoms with Crippen LogP contribution in [-0.2, 0) is 4.74 Å². The smallest absolute Gasteiger partial charge is 0.257 e. The molecule has 16 heavy (non-hydrogen) atoms. The van der Waals surface area contributed by atoms with Crippen molar-refractivity contribution < 1.29 is 13.5 Å². The summed E-state index contributed by atoms with van der Waals surface area (Å²) >= 11 is 0. The second kappa shape index (κ2) is 7.17. The lowest BCUT2D eigenvalue weighted by Gasteiger charge is -2.42. The van der Waals surface area contributed by atoms with Crippen LogP contribution in [0.4, 0.5) is 8.78 Å². The molecule has 98 valence electrons. The first kappa shape index (κ1) is 15.8. The summed E-state index contributed by atoms with van der Waals surface area (Å²) in [6, 6.07) is 0.197. The summed E-state index contributed by atoms with van der Waals surface area (Å²) in [6.07, 6.45) is 1.16. The lowest BCUT2D eigenvalue weighted by molar-refractivity contribution is -0.0770. The topological polar surface area (TPSA) is 12.5 Å². The second-order valence-corrected chi connectivity index (χ2v) is 4.37. The monoisotopic (exact) mass is 237 g/mol. The predicted molar refractivity (Wildman–Crippen MR) is 63.0 cm³/mol. The number of nitrogens with zero attached hydrogens (tertiary/aromatic N) is 1. The summed E-state index contributed by atoms with van der Waals surface area (Å²) in [6.45, 7) is 10.1. The van der Waals surface area contributed by atoms with Crippen LogP contribution in [0.1, 0.15) is 41.0 Å². The van der Waals surface area contributed by atoms with Crippen molar-refractivity contribution in [2.24, 2.45) is 0 Å². The van der Waals surface area contributed by atoms with Gasteiger partial charge in [-0.2, -0.15) is 0 Å². The molecular formula is C12H25F2NO. The van der Waals surface area contributed by atoms with Crippen molar-refractivity contribution in [3.63, 3.8) is 0 Å². The molecule has 0 radical (unpaired) electrons. The van der Waals surface area contributed by atoms with Gasteiger partial charge in [0, 0.05) is 19.5 Å². The lowest BCUT2D eigenvalue weighted by Crippen LogP contribution is -2.54. The summed E-state index contributed by atoms with van der Waals surface area (Å²) in [4.78, 5) is 1.79. The Morgan fingerprint density at radius 2 is 1.94 bits per heavy atom. The molecule has 1 aliphatic rings. The fraction of sp³-hybridized carbons (Fsp3) is 1.00. The van der Waals surface area contributed by atoms with Crippen LogP contribution in [0.15, 0.2) is 0 Å². The molecule has 1 unspecified atom stereocenters. The van der Waals surface area contributed by atoms with Crippen LogP contribution in [0.25, 0.3) is 0 Å². The largest absolute Gasteiger partial charge is 0.377 e. The van der Waals surface area contributed by atoms with Crippen LogP contribution in [-0.4, -0.2) is 42.7 Å². The van der Waals surface area contributed by atoms with Crippen molar-refractivity contribution in [3.8, 4) is 0 Å². The number of hydrogen-bond acceptors (Lipinski definition) is 2. The lowest BCUT2D eigenvalue weighted by atomic mass is 10.0. The molecule has 0 aromatic heterocycles. The van der Waals surface area contributed by atoms with Gasteiger partial charge in [0.05, 0.1) is 19.3 Å². The first-order valence-electron chi connectivity index (χ1n) is 6.12. The first-order chi connectivity index (χ1) is 7.38. The molecule has 1 rings (SSSR count). The van der Waals surface area contributed by atoms with Crippen molar-refractivity contribution in [2.75, 3.05) is 19.7 Å². The zero-order valence-electron chi connectivity index (χ0n) is 11.1. The molecule has 0 N–H and O–H groups in total. The molecule has 2 nitrogen and oxygen atoms in total. The van der Waals surface area contributed by atoms with Crippen LogP contribution >= 0.6 is 0 Å². The zero-order valence-corrected chi connectivity index (χ0v) is 11.1. The fourth-order valence-corrected chi connectivity index (χ4v) is 1.55. The highest BCUT2D eigenvalue weighted by Gasteiger charge is 2.35. The van der Waals surface area contributed by atoms with Crippen molar-refractivity contribution in [2.45, 2.75) is 59.1 Å². The standard InChI is InChI=1S/C10H19F2NO.C2H6/c1-8(2)14-6-9-4-5-13(9)7-10(3,11)12;1-2/h8-9H,4-7H2,1-3H3;1-2H3. The number of halogens is 2. The maximum atomic E-state index is 12.7. The highest BCUT2D eigenvalue weighted by atomic mass is 19.3. The van der Waals surface area contributed by atoms with Gasteiger partial charge in [0.25, 0.3) is 5.92 Å². The minimum atomic E-state index is -2.59. The molecular weight excluding hydrogens is 212 g/mol.